The SMILES string of the molecule is CN1c2ccccc2C(C)(C)c2c(-c3ccccc3)cccc21. The predicted molar refractivity (Wildman–Crippen MR) is 98.5 cm³/mol. The maximum atomic E-state index is 2.34. The van der Waals surface area contributed by atoms with Crippen LogP contribution in [0.15, 0.2) is 72.8 Å². The van der Waals surface area contributed by atoms with E-state index in [2.05, 4.69) is 98.6 Å². The van der Waals surface area contributed by atoms with Crippen LogP contribution in [0.4, 0.5) is 11.4 Å². The number of benzene rings is 3. The fourth-order valence-corrected chi connectivity index (χ4v) is 3.89. The zero-order valence-electron chi connectivity index (χ0n) is 13.9. The first-order valence-electron chi connectivity index (χ1n) is 8.13. The van der Waals surface area contributed by atoms with Crippen molar-refractivity contribution >= 4 is 11.4 Å². The molecule has 0 amide bonds. The summed E-state index contributed by atoms with van der Waals surface area (Å²) in [4.78, 5) is 2.32. The molecule has 0 aliphatic carbocycles. The van der Waals surface area contributed by atoms with Gasteiger partial charge in [0, 0.05) is 23.8 Å². The van der Waals surface area contributed by atoms with Crippen LogP contribution in [-0.4, -0.2) is 7.05 Å². The van der Waals surface area contributed by atoms with Crippen molar-refractivity contribution in [1.82, 2.24) is 0 Å². The van der Waals surface area contributed by atoms with Crippen LogP contribution in [0.5, 0.6) is 0 Å². The molecule has 0 atom stereocenters. The number of fused-ring (bicyclic) bond motifs is 2. The summed E-state index contributed by atoms with van der Waals surface area (Å²) >= 11 is 0. The lowest BCUT2D eigenvalue weighted by molar-refractivity contribution is 0.631. The molecule has 23 heavy (non-hydrogen) atoms. The molecule has 3 aromatic carbocycles. The number of hydrogen-bond donors (Lipinski definition) is 0. The second-order valence-electron chi connectivity index (χ2n) is 6.77. The molecule has 0 fully saturated rings. The monoisotopic (exact) mass is 299 g/mol. The van der Waals surface area contributed by atoms with Gasteiger partial charge in [-0.1, -0.05) is 74.5 Å². The van der Waals surface area contributed by atoms with E-state index in [4.69, 9.17) is 0 Å². The number of anilines is 2. The van der Waals surface area contributed by atoms with Gasteiger partial charge < -0.3 is 4.90 Å². The van der Waals surface area contributed by atoms with Gasteiger partial charge in [-0.25, -0.2) is 0 Å². The summed E-state index contributed by atoms with van der Waals surface area (Å²) in [6.45, 7) is 4.67. The smallest absolute Gasteiger partial charge is 0.0455 e. The molecule has 1 aliphatic rings. The molecular formula is C22H21N. The Balaban J connectivity index is 2.04. The Morgan fingerprint density at radius 3 is 2.13 bits per heavy atom. The maximum absolute atomic E-state index is 2.34. The van der Waals surface area contributed by atoms with E-state index in [1.807, 2.05) is 0 Å². The van der Waals surface area contributed by atoms with Gasteiger partial charge in [0.05, 0.1) is 0 Å². The van der Waals surface area contributed by atoms with E-state index in [0.717, 1.165) is 0 Å². The van der Waals surface area contributed by atoms with Gasteiger partial charge in [-0.15, -0.1) is 0 Å². The Kier molecular flexibility index (Phi) is 3.05. The van der Waals surface area contributed by atoms with Gasteiger partial charge in [0.25, 0.3) is 0 Å². The van der Waals surface area contributed by atoms with Crippen molar-refractivity contribution in [2.45, 2.75) is 19.3 Å². The summed E-state index contributed by atoms with van der Waals surface area (Å²) in [7, 11) is 2.17. The average Bonchev–Trinajstić information content (AvgIpc) is 2.60. The highest BCUT2D eigenvalue weighted by Gasteiger charge is 2.36. The normalized spacial score (nSPS) is 15.0. The molecule has 0 radical (unpaired) electrons. The van der Waals surface area contributed by atoms with Crippen LogP contribution in [0.2, 0.25) is 0 Å². The molecule has 0 aromatic heterocycles. The second-order valence-corrected chi connectivity index (χ2v) is 6.77. The first-order valence-corrected chi connectivity index (χ1v) is 8.13. The van der Waals surface area contributed by atoms with Crippen molar-refractivity contribution in [2.75, 3.05) is 11.9 Å². The van der Waals surface area contributed by atoms with Crippen molar-refractivity contribution < 1.29 is 0 Å². The van der Waals surface area contributed by atoms with Gasteiger partial charge in [-0.2, -0.15) is 0 Å². The minimum Gasteiger partial charge on any atom is -0.344 e. The molecule has 0 bridgehead atoms. The Labute approximate surface area is 138 Å². The zero-order chi connectivity index (χ0) is 16.0. The van der Waals surface area contributed by atoms with E-state index in [-0.39, 0.29) is 5.41 Å². The van der Waals surface area contributed by atoms with Gasteiger partial charge in [0.1, 0.15) is 0 Å². The van der Waals surface area contributed by atoms with Gasteiger partial charge in [0.2, 0.25) is 0 Å². The highest BCUT2D eigenvalue weighted by atomic mass is 15.1. The van der Waals surface area contributed by atoms with Crippen LogP contribution in [-0.2, 0) is 5.41 Å². The van der Waals surface area contributed by atoms with Crippen LogP contribution in [0.1, 0.15) is 25.0 Å². The van der Waals surface area contributed by atoms with Crippen LogP contribution in [0.3, 0.4) is 0 Å². The van der Waals surface area contributed by atoms with Crippen molar-refractivity contribution in [1.29, 1.82) is 0 Å². The predicted octanol–water partition coefficient (Wildman–Crippen LogP) is 5.76. The number of hydrogen-bond acceptors (Lipinski definition) is 1. The van der Waals surface area contributed by atoms with E-state index >= 15 is 0 Å². The molecule has 114 valence electrons. The maximum Gasteiger partial charge on any atom is 0.0455 e. The fraction of sp³-hybridized carbons (Fsp3) is 0.182. The minimum absolute atomic E-state index is 0.0229. The first-order chi connectivity index (χ1) is 11.1. The van der Waals surface area contributed by atoms with Crippen LogP contribution in [0.25, 0.3) is 11.1 Å². The summed E-state index contributed by atoms with van der Waals surface area (Å²) in [5.74, 6) is 0. The van der Waals surface area contributed by atoms with E-state index in [1.165, 1.54) is 33.6 Å². The quantitative estimate of drug-likeness (QED) is 0.552. The molecular weight excluding hydrogens is 278 g/mol. The first kappa shape index (κ1) is 14.1. The average molecular weight is 299 g/mol. The molecule has 0 saturated heterocycles. The largest absolute Gasteiger partial charge is 0.344 e. The third-order valence-electron chi connectivity index (χ3n) is 5.05. The second kappa shape index (κ2) is 4.99. The van der Waals surface area contributed by atoms with Crippen molar-refractivity contribution in [2.24, 2.45) is 0 Å². The molecule has 1 aliphatic heterocycles. The van der Waals surface area contributed by atoms with E-state index in [0.29, 0.717) is 0 Å². The third-order valence-corrected chi connectivity index (χ3v) is 5.05. The lowest BCUT2D eigenvalue weighted by atomic mass is 9.71. The van der Waals surface area contributed by atoms with Gasteiger partial charge >= 0.3 is 0 Å². The third kappa shape index (κ3) is 2.00. The van der Waals surface area contributed by atoms with E-state index in [1.54, 1.807) is 0 Å². The number of para-hydroxylation sites is 1. The van der Waals surface area contributed by atoms with E-state index < -0.39 is 0 Å². The standard InChI is InChI=1S/C22H21N/c1-22(2)18-13-7-8-14-19(18)23(3)20-15-9-12-17(21(20)22)16-10-5-4-6-11-16/h4-15H,1-3H3. The fourth-order valence-electron chi connectivity index (χ4n) is 3.89. The summed E-state index contributed by atoms with van der Waals surface area (Å²) < 4.78 is 0. The topological polar surface area (TPSA) is 3.24 Å². The van der Waals surface area contributed by atoms with Crippen LogP contribution >= 0.6 is 0 Å². The Morgan fingerprint density at radius 2 is 1.35 bits per heavy atom. The van der Waals surface area contributed by atoms with Gasteiger partial charge in [-0.3, -0.25) is 0 Å². The van der Waals surface area contributed by atoms with Gasteiger partial charge in [-0.05, 0) is 34.4 Å². The highest BCUT2D eigenvalue weighted by molar-refractivity contribution is 5.85. The minimum atomic E-state index is -0.0229. The molecule has 0 unspecified atom stereocenters. The lowest BCUT2D eigenvalue weighted by Crippen LogP contribution is -2.31. The zero-order valence-corrected chi connectivity index (χ0v) is 13.9. The van der Waals surface area contributed by atoms with Crippen LogP contribution < -0.4 is 4.90 Å². The molecule has 0 spiro atoms. The Morgan fingerprint density at radius 1 is 0.696 bits per heavy atom. The van der Waals surface area contributed by atoms with Gasteiger partial charge in [0.15, 0.2) is 0 Å². The highest BCUT2D eigenvalue weighted by Crippen LogP contribution is 2.51. The van der Waals surface area contributed by atoms with Crippen molar-refractivity contribution in [3.63, 3.8) is 0 Å². The summed E-state index contributed by atoms with van der Waals surface area (Å²) in [5, 5.41) is 0. The molecule has 0 N–H and O–H groups in total. The van der Waals surface area contributed by atoms with E-state index in [9.17, 15) is 0 Å². The van der Waals surface area contributed by atoms with Crippen molar-refractivity contribution in [3.05, 3.63) is 83.9 Å². The number of rotatable bonds is 1. The molecule has 3 aromatic rings. The number of nitrogens with zero attached hydrogens (tertiary/aromatic N) is 1. The Hall–Kier alpha value is -2.54. The molecule has 1 nitrogen and oxygen atoms in total. The summed E-state index contributed by atoms with van der Waals surface area (Å²) in [6, 6.07) is 26.1. The molecule has 1 heteroatoms. The lowest BCUT2D eigenvalue weighted by Gasteiger charge is -2.41. The Bertz CT molecular complexity index is 862. The molecule has 4 rings (SSSR count). The molecule has 1 heterocycles. The summed E-state index contributed by atoms with van der Waals surface area (Å²) in [6.07, 6.45) is 0. The summed E-state index contributed by atoms with van der Waals surface area (Å²) in [5.41, 5.74) is 7.99. The van der Waals surface area contributed by atoms with Crippen LogP contribution in [0, 0.1) is 0 Å². The van der Waals surface area contributed by atoms with Crippen molar-refractivity contribution in [3.8, 4) is 11.1 Å². The molecule has 0 saturated carbocycles.